The minimum Gasteiger partial charge on any atom is -0.409 e. The van der Waals surface area contributed by atoms with Crippen molar-refractivity contribution in [2.45, 2.75) is 26.3 Å². The number of amides is 1. The fourth-order valence-electron chi connectivity index (χ4n) is 1.62. The summed E-state index contributed by atoms with van der Waals surface area (Å²) in [6.45, 7) is 5.78. The zero-order valence-electron chi connectivity index (χ0n) is 12.7. The Balaban J connectivity index is 2.42. The molecule has 0 aromatic carbocycles. The fourth-order valence-corrected chi connectivity index (χ4v) is 1.62. The Labute approximate surface area is 124 Å². The number of nitrogens with one attached hydrogen (secondary N) is 1. The molecule has 0 aliphatic heterocycles. The lowest BCUT2D eigenvalue weighted by Crippen LogP contribution is -2.31. The number of carbonyl (C=O) groups is 1. The summed E-state index contributed by atoms with van der Waals surface area (Å²) in [6.07, 6.45) is 2.28. The van der Waals surface area contributed by atoms with E-state index in [0.717, 1.165) is 13.0 Å². The minimum atomic E-state index is -0.228. The van der Waals surface area contributed by atoms with Crippen LogP contribution in [0, 0.1) is 0 Å². The first-order chi connectivity index (χ1) is 9.95. The van der Waals surface area contributed by atoms with Crippen LogP contribution in [0.15, 0.2) is 23.5 Å². The molecule has 1 aromatic heterocycles. The van der Waals surface area contributed by atoms with Gasteiger partial charge in [-0.3, -0.25) is 9.78 Å². The van der Waals surface area contributed by atoms with Crippen LogP contribution in [-0.4, -0.2) is 53.0 Å². The van der Waals surface area contributed by atoms with Crippen LogP contribution in [-0.2, 0) is 0 Å². The molecule has 0 atom stereocenters. The van der Waals surface area contributed by atoms with Crippen LogP contribution in [0.3, 0.4) is 0 Å². The van der Waals surface area contributed by atoms with E-state index in [1.807, 2.05) is 0 Å². The number of pyridine rings is 1. The van der Waals surface area contributed by atoms with Gasteiger partial charge in [-0.25, -0.2) is 0 Å². The monoisotopic (exact) mass is 293 g/mol. The van der Waals surface area contributed by atoms with Crippen molar-refractivity contribution in [2.75, 3.05) is 20.1 Å². The molecule has 1 rings (SSSR count). The largest absolute Gasteiger partial charge is 0.409 e. The molecule has 0 unspecified atom stereocenters. The Morgan fingerprint density at radius 2 is 2.24 bits per heavy atom. The van der Waals surface area contributed by atoms with Crippen LogP contribution in [0.25, 0.3) is 0 Å². The van der Waals surface area contributed by atoms with Crippen molar-refractivity contribution in [3.8, 4) is 0 Å². The normalized spacial score (nSPS) is 12.0. The second kappa shape index (κ2) is 8.21. The van der Waals surface area contributed by atoms with Gasteiger partial charge in [0.15, 0.2) is 5.84 Å². The molecule has 116 valence electrons. The summed E-state index contributed by atoms with van der Waals surface area (Å²) in [7, 11) is 2.06. The molecule has 7 nitrogen and oxygen atoms in total. The molecule has 0 radical (unpaired) electrons. The lowest BCUT2D eigenvalue weighted by atomic mass is 10.2. The number of hydrogen-bond donors (Lipinski definition) is 3. The molecule has 7 heteroatoms. The Morgan fingerprint density at radius 1 is 1.52 bits per heavy atom. The van der Waals surface area contributed by atoms with Crippen molar-refractivity contribution in [1.82, 2.24) is 15.2 Å². The zero-order valence-corrected chi connectivity index (χ0v) is 12.7. The third-order valence-electron chi connectivity index (χ3n) is 3.25. The van der Waals surface area contributed by atoms with Gasteiger partial charge in [0.2, 0.25) is 0 Å². The van der Waals surface area contributed by atoms with E-state index in [2.05, 4.69) is 41.3 Å². The van der Waals surface area contributed by atoms with Crippen LogP contribution < -0.4 is 11.1 Å². The van der Waals surface area contributed by atoms with E-state index in [4.69, 9.17) is 10.9 Å². The summed E-state index contributed by atoms with van der Waals surface area (Å²) in [5.41, 5.74) is 6.20. The van der Waals surface area contributed by atoms with E-state index in [-0.39, 0.29) is 11.7 Å². The number of oxime groups is 1. The third-order valence-corrected chi connectivity index (χ3v) is 3.25. The van der Waals surface area contributed by atoms with Gasteiger partial charge in [0.1, 0.15) is 5.69 Å². The first-order valence-corrected chi connectivity index (χ1v) is 6.88. The van der Waals surface area contributed by atoms with Crippen molar-refractivity contribution in [1.29, 1.82) is 0 Å². The van der Waals surface area contributed by atoms with Gasteiger partial charge in [-0.1, -0.05) is 5.16 Å². The summed E-state index contributed by atoms with van der Waals surface area (Å²) in [5, 5.41) is 14.2. The number of nitrogens with two attached hydrogens (primary N) is 1. The van der Waals surface area contributed by atoms with Crippen LogP contribution >= 0.6 is 0 Å². The van der Waals surface area contributed by atoms with E-state index in [9.17, 15) is 4.79 Å². The van der Waals surface area contributed by atoms with Crippen LogP contribution in [0.1, 0.15) is 36.3 Å². The fraction of sp³-hybridized carbons (Fsp3) is 0.500. The van der Waals surface area contributed by atoms with E-state index in [1.165, 1.54) is 6.20 Å². The molecule has 0 aliphatic carbocycles. The second-order valence-corrected chi connectivity index (χ2v) is 5.10. The maximum atomic E-state index is 11.9. The summed E-state index contributed by atoms with van der Waals surface area (Å²) in [4.78, 5) is 18.1. The van der Waals surface area contributed by atoms with Gasteiger partial charge < -0.3 is 21.2 Å². The highest BCUT2D eigenvalue weighted by Crippen LogP contribution is 2.00. The van der Waals surface area contributed by atoms with Crippen molar-refractivity contribution >= 4 is 11.7 Å². The average Bonchev–Trinajstić information content (AvgIpc) is 2.50. The Kier molecular flexibility index (Phi) is 6.61. The van der Waals surface area contributed by atoms with Crippen LogP contribution in [0.5, 0.6) is 0 Å². The number of aromatic nitrogens is 1. The highest BCUT2D eigenvalue weighted by atomic mass is 16.4. The summed E-state index contributed by atoms with van der Waals surface area (Å²) >= 11 is 0. The predicted molar refractivity (Wildman–Crippen MR) is 81.5 cm³/mol. The summed E-state index contributed by atoms with van der Waals surface area (Å²) < 4.78 is 0. The minimum absolute atomic E-state index is 0.0359. The number of rotatable bonds is 7. The van der Waals surface area contributed by atoms with Crippen molar-refractivity contribution in [3.63, 3.8) is 0 Å². The SMILES string of the molecule is CC(C)N(C)CCCNC(=O)c1ccc(/C(N)=N/O)cn1. The maximum Gasteiger partial charge on any atom is 0.269 e. The van der Waals surface area contributed by atoms with Gasteiger partial charge >= 0.3 is 0 Å². The number of amidine groups is 1. The molecule has 1 aromatic rings. The van der Waals surface area contributed by atoms with Crippen LogP contribution in [0.2, 0.25) is 0 Å². The molecule has 0 aliphatic rings. The lowest BCUT2D eigenvalue weighted by Gasteiger charge is -2.20. The van der Waals surface area contributed by atoms with Gasteiger partial charge in [-0.05, 0) is 46.0 Å². The number of carbonyl (C=O) groups excluding carboxylic acids is 1. The first kappa shape index (κ1) is 16.9. The molecule has 0 saturated heterocycles. The molecule has 21 heavy (non-hydrogen) atoms. The van der Waals surface area contributed by atoms with Gasteiger partial charge in [0, 0.05) is 24.3 Å². The Hall–Kier alpha value is -2.15. The highest BCUT2D eigenvalue weighted by molar-refractivity contribution is 5.98. The molecule has 0 saturated carbocycles. The van der Waals surface area contributed by atoms with Crippen molar-refractivity contribution in [3.05, 3.63) is 29.6 Å². The smallest absolute Gasteiger partial charge is 0.269 e. The zero-order chi connectivity index (χ0) is 15.8. The van der Waals surface area contributed by atoms with Gasteiger partial charge in [0.25, 0.3) is 5.91 Å². The third kappa shape index (κ3) is 5.39. The summed E-state index contributed by atoms with van der Waals surface area (Å²) in [6, 6.07) is 3.63. The van der Waals surface area contributed by atoms with Gasteiger partial charge in [0.05, 0.1) is 0 Å². The second-order valence-electron chi connectivity index (χ2n) is 5.10. The molecule has 4 N–H and O–H groups in total. The molecule has 0 fully saturated rings. The summed E-state index contributed by atoms with van der Waals surface area (Å²) in [5.74, 6) is -0.264. The number of hydrogen-bond acceptors (Lipinski definition) is 5. The average molecular weight is 293 g/mol. The molecule has 1 heterocycles. The van der Waals surface area contributed by atoms with Gasteiger partial charge in [-0.15, -0.1) is 0 Å². The predicted octanol–water partition coefficient (Wildman–Crippen LogP) is 0.636. The maximum absolute atomic E-state index is 11.9. The Bertz CT molecular complexity index is 485. The standard InChI is InChI=1S/C14H23N5O2/c1-10(2)19(3)8-4-7-16-14(20)12-6-5-11(9-17-12)13(15)18-21/h5-6,9-10,21H,4,7-8H2,1-3H3,(H2,15,18)(H,16,20). The van der Waals surface area contributed by atoms with E-state index < -0.39 is 0 Å². The molecule has 0 spiro atoms. The van der Waals surface area contributed by atoms with E-state index in [0.29, 0.717) is 23.8 Å². The lowest BCUT2D eigenvalue weighted by molar-refractivity contribution is 0.0946. The molecule has 1 amide bonds. The topological polar surface area (TPSA) is 104 Å². The first-order valence-electron chi connectivity index (χ1n) is 6.88. The molecular weight excluding hydrogens is 270 g/mol. The molecular formula is C14H23N5O2. The van der Waals surface area contributed by atoms with Crippen molar-refractivity contribution < 1.29 is 10.0 Å². The van der Waals surface area contributed by atoms with E-state index >= 15 is 0 Å². The van der Waals surface area contributed by atoms with Crippen molar-refractivity contribution in [2.24, 2.45) is 10.9 Å². The van der Waals surface area contributed by atoms with Crippen LogP contribution in [0.4, 0.5) is 0 Å². The quantitative estimate of drug-likeness (QED) is 0.225. The van der Waals surface area contributed by atoms with E-state index in [1.54, 1.807) is 12.1 Å². The highest BCUT2D eigenvalue weighted by Gasteiger charge is 2.08. The molecule has 0 bridgehead atoms. The number of nitrogens with zero attached hydrogens (tertiary/aromatic N) is 3. The Morgan fingerprint density at radius 3 is 2.76 bits per heavy atom. The van der Waals surface area contributed by atoms with Gasteiger partial charge in [-0.2, -0.15) is 0 Å².